The van der Waals surface area contributed by atoms with Crippen molar-refractivity contribution in [1.82, 2.24) is 10.3 Å². The van der Waals surface area contributed by atoms with Crippen LogP contribution in [-0.4, -0.2) is 28.8 Å². The molecule has 1 aliphatic rings. The third-order valence-electron chi connectivity index (χ3n) is 2.70. The van der Waals surface area contributed by atoms with Crippen LogP contribution in [0.25, 0.3) is 0 Å². The lowest BCUT2D eigenvalue weighted by molar-refractivity contribution is -0.0901. The second-order valence-electron chi connectivity index (χ2n) is 4.23. The standard InChI is InChI=1S/C11H11F2N3O2/c12-11(13)4-7(5-11)16-10(18)8-3-6(9(14)17)1-2-15-8/h1-3,7H,4-5H2,(H2,14,17)(H,16,18). The maximum Gasteiger partial charge on any atom is 0.270 e. The van der Waals surface area contributed by atoms with E-state index in [2.05, 4.69) is 10.3 Å². The minimum atomic E-state index is -2.69. The number of carbonyl (C=O) groups excluding carboxylic acids is 2. The van der Waals surface area contributed by atoms with Crippen molar-refractivity contribution in [3.05, 3.63) is 29.6 Å². The first-order chi connectivity index (χ1) is 8.37. The average molecular weight is 255 g/mol. The zero-order valence-corrected chi connectivity index (χ0v) is 9.32. The van der Waals surface area contributed by atoms with E-state index in [1.165, 1.54) is 18.3 Å². The highest BCUT2D eigenvalue weighted by Crippen LogP contribution is 2.37. The summed E-state index contributed by atoms with van der Waals surface area (Å²) >= 11 is 0. The molecule has 2 rings (SSSR count). The number of rotatable bonds is 3. The van der Waals surface area contributed by atoms with Crippen molar-refractivity contribution in [2.75, 3.05) is 0 Å². The van der Waals surface area contributed by atoms with Crippen LogP contribution in [0.1, 0.15) is 33.7 Å². The van der Waals surface area contributed by atoms with Gasteiger partial charge in [-0.05, 0) is 12.1 Å². The molecule has 0 unspecified atom stereocenters. The van der Waals surface area contributed by atoms with Crippen LogP contribution < -0.4 is 11.1 Å². The molecular weight excluding hydrogens is 244 g/mol. The van der Waals surface area contributed by atoms with Gasteiger partial charge in [-0.1, -0.05) is 0 Å². The zero-order valence-electron chi connectivity index (χ0n) is 9.32. The van der Waals surface area contributed by atoms with E-state index in [9.17, 15) is 18.4 Å². The molecule has 1 heterocycles. The van der Waals surface area contributed by atoms with Gasteiger partial charge in [0.25, 0.3) is 11.8 Å². The van der Waals surface area contributed by atoms with Gasteiger partial charge in [0.1, 0.15) is 5.69 Å². The van der Waals surface area contributed by atoms with Crippen molar-refractivity contribution >= 4 is 11.8 Å². The van der Waals surface area contributed by atoms with Crippen molar-refractivity contribution < 1.29 is 18.4 Å². The molecule has 3 N–H and O–H groups in total. The first-order valence-electron chi connectivity index (χ1n) is 5.32. The lowest BCUT2D eigenvalue weighted by Crippen LogP contribution is -2.50. The fourth-order valence-corrected chi connectivity index (χ4v) is 1.73. The molecule has 1 fully saturated rings. The Morgan fingerprint density at radius 1 is 1.44 bits per heavy atom. The summed E-state index contributed by atoms with van der Waals surface area (Å²) in [6.45, 7) is 0. The van der Waals surface area contributed by atoms with Crippen LogP contribution in [0.15, 0.2) is 18.3 Å². The molecule has 2 amide bonds. The molecule has 0 bridgehead atoms. The minimum absolute atomic E-state index is 0.0125. The Kier molecular flexibility index (Phi) is 2.98. The second-order valence-corrected chi connectivity index (χ2v) is 4.23. The van der Waals surface area contributed by atoms with E-state index >= 15 is 0 Å². The highest BCUT2D eigenvalue weighted by Gasteiger charge is 2.46. The van der Waals surface area contributed by atoms with Gasteiger partial charge in [-0.2, -0.15) is 0 Å². The van der Waals surface area contributed by atoms with E-state index in [0.717, 1.165) is 0 Å². The molecule has 1 aliphatic carbocycles. The number of nitrogens with two attached hydrogens (primary N) is 1. The Bertz CT molecular complexity index is 497. The van der Waals surface area contributed by atoms with E-state index < -0.39 is 23.8 Å². The van der Waals surface area contributed by atoms with Crippen LogP contribution in [0, 0.1) is 0 Å². The van der Waals surface area contributed by atoms with Crippen molar-refractivity contribution in [3.8, 4) is 0 Å². The number of nitrogens with one attached hydrogen (secondary N) is 1. The number of alkyl halides is 2. The summed E-state index contributed by atoms with van der Waals surface area (Å²) in [4.78, 5) is 26.3. The zero-order chi connectivity index (χ0) is 13.3. The molecule has 18 heavy (non-hydrogen) atoms. The summed E-state index contributed by atoms with van der Waals surface area (Å²) in [5.74, 6) is -3.96. The van der Waals surface area contributed by atoms with Crippen molar-refractivity contribution in [3.63, 3.8) is 0 Å². The Morgan fingerprint density at radius 3 is 2.67 bits per heavy atom. The Labute approximate surface area is 101 Å². The normalized spacial score (nSPS) is 17.9. The topological polar surface area (TPSA) is 85.1 Å². The predicted octanol–water partition coefficient (Wildman–Crippen LogP) is 0.708. The molecule has 7 heteroatoms. The Hall–Kier alpha value is -2.05. The summed E-state index contributed by atoms with van der Waals surface area (Å²) in [5, 5.41) is 2.42. The van der Waals surface area contributed by atoms with E-state index in [0.29, 0.717) is 0 Å². The van der Waals surface area contributed by atoms with Gasteiger partial charge in [-0.15, -0.1) is 0 Å². The molecule has 0 aliphatic heterocycles. The van der Waals surface area contributed by atoms with Crippen molar-refractivity contribution in [2.24, 2.45) is 5.73 Å². The average Bonchev–Trinajstić information content (AvgIpc) is 2.26. The first kappa shape index (κ1) is 12.4. The fourth-order valence-electron chi connectivity index (χ4n) is 1.73. The van der Waals surface area contributed by atoms with Gasteiger partial charge in [0, 0.05) is 30.6 Å². The third-order valence-corrected chi connectivity index (χ3v) is 2.70. The largest absolute Gasteiger partial charge is 0.366 e. The Morgan fingerprint density at radius 2 is 2.11 bits per heavy atom. The number of halogens is 2. The smallest absolute Gasteiger partial charge is 0.270 e. The van der Waals surface area contributed by atoms with E-state index in [1.807, 2.05) is 0 Å². The highest BCUT2D eigenvalue weighted by molar-refractivity contribution is 5.97. The van der Waals surface area contributed by atoms with E-state index in [-0.39, 0.29) is 24.1 Å². The molecule has 0 radical (unpaired) electrons. The number of hydrogen-bond acceptors (Lipinski definition) is 3. The summed E-state index contributed by atoms with van der Waals surface area (Å²) < 4.78 is 25.2. The van der Waals surface area contributed by atoms with Crippen LogP contribution >= 0.6 is 0 Å². The molecule has 5 nitrogen and oxygen atoms in total. The van der Waals surface area contributed by atoms with Gasteiger partial charge in [0.05, 0.1) is 0 Å². The van der Waals surface area contributed by atoms with Crippen LogP contribution in [0.3, 0.4) is 0 Å². The van der Waals surface area contributed by atoms with E-state index in [4.69, 9.17) is 5.73 Å². The molecule has 1 aromatic heterocycles. The predicted molar refractivity (Wildman–Crippen MR) is 58.2 cm³/mol. The van der Waals surface area contributed by atoms with E-state index in [1.54, 1.807) is 0 Å². The number of primary amides is 1. The SMILES string of the molecule is NC(=O)c1ccnc(C(=O)NC2CC(F)(F)C2)c1. The van der Waals surface area contributed by atoms with Gasteiger partial charge in [-0.3, -0.25) is 14.6 Å². The maximum absolute atomic E-state index is 12.6. The number of nitrogens with zero attached hydrogens (tertiary/aromatic N) is 1. The number of hydrogen-bond donors (Lipinski definition) is 2. The van der Waals surface area contributed by atoms with Crippen LogP contribution in [0.4, 0.5) is 8.78 Å². The molecular formula is C11H11F2N3O2. The summed E-state index contributed by atoms with van der Waals surface area (Å²) in [5.41, 5.74) is 5.19. The lowest BCUT2D eigenvalue weighted by atomic mass is 9.88. The lowest BCUT2D eigenvalue weighted by Gasteiger charge is -2.35. The first-order valence-corrected chi connectivity index (χ1v) is 5.32. The second kappa shape index (κ2) is 4.32. The van der Waals surface area contributed by atoms with Crippen LogP contribution in [0.5, 0.6) is 0 Å². The fraction of sp³-hybridized carbons (Fsp3) is 0.364. The van der Waals surface area contributed by atoms with Crippen molar-refractivity contribution in [1.29, 1.82) is 0 Å². The summed E-state index contributed by atoms with van der Waals surface area (Å²) in [6.07, 6.45) is 0.535. The minimum Gasteiger partial charge on any atom is -0.366 e. The monoisotopic (exact) mass is 255 g/mol. The molecule has 0 atom stereocenters. The highest BCUT2D eigenvalue weighted by atomic mass is 19.3. The van der Waals surface area contributed by atoms with Gasteiger partial charge in [0.15, 0.2) is 0 Å². The van der Waals surface area contributed by atoms with Gasteiger partial charge < -0.3 is 11.1 Å². The van der Waals surface area contributed by atoms with Gasteiger partial charge >= 0.3 is 0 Å². The molecule has 0 spiro atoms. The third kappa shape index (κ3) is 2.61. The summed E-state index contributed by atoms with van der Waals surface area (Å²) in [7, 11) is 0. The molecule has 0 saturated heterocycles. The molecule has 0 aromatic carbocycles. The molecule has 1 aromatic rings. The molecule has 1 saturated carbocycles. The maximum atomic E-state index is 12.6. The van der Waals surface area contributed by atoms with Gasteiger partial charge in [-0.25, -0.2) is 8.78 Å². The summed E-state index contributed by atoms with van der Waals surface area (Å²) in [6, 6.07) is 2.05. The van der Waals surface area contributed by atoms with Crippen molar-refractivity contribution in [2.45, 2.75) is 24.8 Å². The number of aromatic nitrogens is 1. The molecule has 96 valence electrons. The number of carbonyl (C=O) groups is 2. The van der Waals surface area contributed by atoms with Crippen LogP contribution in [-0.2, 0) is 0 Å². The number of amides is 2. The quantitative estimate of drug-likeness (QED) is 0.834. The van der Waals surface area contributed by atoms with Crippen LogP contribution in [0.2, 0.25) is 0 Å². The number of pyridine rings is 1. The van der Waals surface area contributed by atoms with Gasteiger partial charge in [0.2, 0.25) is 5.91 Å². The Balaban J connectivity index is 2.01.